The first-order valence-electron chi connectivity index (χ1n) is 8.15. The van der Waals surface area contributed by atoms with Crippen molar-refractivity contribution in [3.8, 4) is 11.5 Å². The van der Waals surface area contributed by atoms with Gasteiger partial charge in [-0.2, -0.15) is 0 Å². The van der Waals surface area contributed by atoms with Crippen LogP contribution in [-0.4, -0.2) is 48.2 Å². The Hall–Kier alpha value is -1.76. The second kappa shape index (κ2) is 7.42. The maximum atomic E-state index is 12.8. The van der Waals surface area contributed by atoms with Gasteiger partial charge in [-0.3, -0.25) is 9.59 Å². The zero-order valence-corrected chi connectivity index (χ0v) is 14.9. The number of carbonyl (C=O) groups excluding carboxylic acids is 1. The number of hydrogen-bond acceptors (Lipinski definition) is 4. The fourth-order valence-electron chi connectivity index (χ4n) is 3.23. The number of carbonyl (C=O) groups is 2. The van der Waals surface area contributed by atoms with Gasteiger partial charge in [0.05, 0.1) is 4.47 Å². The number of nitrogens with zero attached hydrogens (tertiary/aromatic N) is 1. The van der Waals surface area contributed by atoms with E-state index in [1.165, 1.54) is 0 Å². The summed E-state index contributed by atoms with van der Waals surface area (Å²) in [5.41, 5.74) is 0.560. The number of carboxylic acid groups (broad SMARTS) is 1. The molecule has 2 aliphatic rings. The second-order valence-electron chi connectivity index (χ2n) is 6.17. The number of rotatable bonds is 4. The molecule has 2 aliphatic heterocycles. The molecule has 1 N–H and O–H groups in total. The Morgan fingerprint density at radius 3 is 2.88 bits per heavy atom. The van der Waals surface area contributed by atoms with Gasteiger partial charge in [-0.1, -0.05) is 0 Å². The van der Waals surface area contributed by atoms with Crippen LogP contribution in [0.2, 0.25) is 0 Å². The standard InChI is InChI=1S/C17H20BrNO5/c18-13-8-12(9-14-16(13)24-7-6-23-14)17(22)19-5-1-2-11(10-19)3-4-15(20)21/h8-9,11H,1-7,10H2,(H,20,21)/t11-/m1/s1. The van der Waals surface area contributed by atoms with Crippen LogP contribution >= 0.6 is 15.9 Å². The summed E-state index contributed by atoms with van der Waals surface area (Å²) in [6.07, 6.45) is 2.65. The molecule has 0 saturated carbocycles. The van der Waals surface area contributed by atoms with Crippen molar-refractivity contribution in [1.29, 1.82) is 0 Å². The molecule has 24 heavy (non-hydrogen) atoms. The van der Waals surface area contributed by atoms with Crippen LogP contribution in [0.4, 0.5) is 0 Å². The first-order chi connectivity index (χ1) is 11.5. The number of piperidine rings is 1. The summed E-state index contributed by atoms with van der Waals surface area (Å²) in [4.78, 5) is 25.4. The summed E-state index contributed by atoms with van der Waals surface area (Å²) in [6, 6.07) is 3.49. The zero-order chi connectivity index (χ0) is 17.1. The molecule has 1 aromatic carbocycles. The van der Waals surface area contributed by atoms with Crippen molar-refractivity contribution in [2.75, 3.05) is 26.3 Å². The van der Waals surface area contributed by atoms with Gasteiger partial charge >= 0.3 is 5.97 Å². The quantitative estimate of drug-likeness (QED) is 0.844. The van der Waals surface area contributed by atoms with Gasteiger partial charge in [0.25, 0.3) is 5.91 Å². The lowest BCUT2D eigenvalue weighted by molar-refractivity contribution is -0.137. The summed E-state index contributed by atoms with van der Waals surface area (Å²) < 4.78 is 11.8. The van der Waals surface area contributed by atoms with Crippen LogP contribution in [-0.2, 0) is 4.79 Å². The molecule has 0 aliphatic carbocycles. The number of ether oxygens (including phenoxy) is 2. The average molecular weight is 398 g/mol. The fraction of sp³-hybridized carbons (Fsp3) is 0.529. The third kappa shape index (κ3) is 3.83. The van der Waals surface area contributed by atoms with Gasteiger partial charge in [-0.25, -0.2) is 0 Å². The Kier molecular flexibility index (Phi) is 5.28. The summed E-state index contributed by atoms with van der Waals surface area (Å²) in [5, 5.41) is 8.83. The first-order valence-corrected chi connectivity index (χ1v) is 8.94. The van der Waals surface area contributed by atoms with Crippen molar-refractivity contribution in [3.05, 3.63) is 22.2 Å². The van der Waals surface area contributed by atoms with Gasteiger partial charge < -0.3 is 19.5 Å². The number of fused-ring (bicyclic) bond motifs is 1. The van der Waals surface area contributed by atoms with E-state index in [2.05, 4.69) is 15.9 Å². The number of hydrogen-bond donors (Lipinski definition) is 1. The Bertz CT molecular complexity index is 648. The van der Waals surface area contributed by atoms with Gasteiger partial charge in [0, 0.05) is 25.1 Å². The number of aliphatic carboxylic acids is 1. The molecule has 1 aromatic rings. The molecular weight excluding hydrogens is 378 g/mol. The molecule has 0 bridgehead atoms. The molecule has 2 heterocycles. The van der Waals surface area contributed by atoms with E-state index in [1.807, 2.05) is 4.90 Å². The largest absolute Gasteiger partial charge is 0.486 e. The highest BCUT2D eigenvalue weighted by Crippen LogP contribution is 2.39. The minimum absolute atomic E-state index is 0.0484. The van der Waals surface area contributed by atoms with Crippen molar-refractivity contribution < 1.29 is 24.2 Å². The normalized spacial score (nSPS) is 19.9. The van der Waals surface area contributed by atoms with Gasteiger partial charge in [-0.15, -0.1) is 0 Å². The molecule has 130 valence electrons. The van der Waals surface area contributed by atoms with Crippen molar-refractivity contribution >= 4 is 27.8 Å². The number of benzene rings is 1. The molecule has 6 nitrogen and oxygen atoms in total. The molecule has 3 rings (SSSR count). The first kappa shape index (κ1) is 17.1. The number of amides is 1. The number of halogens is 1. The van der Waals surface area contributed by atoms with Crippen LogP contribution in [0.25, 0.3) is 0 Å². The van der Waals surface area contributed by atoms with Crippen LogP contribution in [0, 0.1) is 5.92 Å². The highest BCUT2D eigenvalue weighted by Gasteiger charge is 2.27. The number of carboxylic acids is 1. The lowest BCUT2D eigenvalue weighted by atomic mass is 9.93. The molecule has 7 heteroatoms. The Balaban J connectivity index is 1.71. The predicted octanol–water partition coefficient (Wildman–Crippen LogP) is 2.94. The van der Waals surface area contributed by atoms with E-state index in [0.717, 1.165) is 12.8 Å². The minimum Gasteiger partial charge on any atom is -0.486 e. The van der Waals surface area contributed by atoms with E-state index < -0.39 is 5.97 Å². The summed E-state index contributed by atoms with van der Waals surface area (Å²) in [6.45, 7) is 2.28. The van der Waals surface area contributed by atoms with Crippen LogP contribution in [0.5, 0.6) is 11.5 Å². The molecule has 1 atom stereocenters. The van der Waals surface area contributed by atoms with Crippen molar-refractivity contribution in [2.24, 2.45) is 5.92 Å². The van der Waals surface area contributed by atoms with Crippen LogP contribution < -0.4 is 9.47 Å². The van der Waals surface area contributed by atoms with E-state index in [-0.39, 0.29) is 18.2 Å². The second-order valence-corrected chi connectivity index (χ2v) is 7.03. The SMILES string of the molecule is O=C(O)CC[C@H]1CCCN(C(=O)c2cc(Br)c3c(c2)OCCO3)C1. The predicted molar refractivity (Wildman–Crippen MR) is 90.6 cm³/mol. The zero-order valence-electron chi connectivity index (χ0n) is 13.3. The topological polar surface area (TPSA) is 76.1 Å². The fourth-order valence-corrected chi connectivity index (χ4v) is 3.79. The minimum atomic E-state index is -0.783. The molecule has 0 aromatic heterocycles. The van der Waals surface area contributed by atoms with Crippen molar-refractivity contribution in [3.63, 3.8) is 0 Å². The highest BCUT2D eigenvalue weighted by atomic mass is 79.9. The molecule has 0 spiro atoms. The number of likely N-dealkylation sites (tertiary alicyclic amines) is 1. The van der Waals surface area contributed by atoms with Gasteiger partial charge in [0.15, 0.2) is 11.5 Å². The Labute approximate surface area is 148 Å². The van der Waals surface area contributed by atoms with Gasteiger partial charge in [0.2, 0.25) is 0 Å². The smallest absolute Gasteiger partial charge is 0.303 e. The van der Waals surface area contributed by atoms with Crippen LogP contribution in [0.3, 0.4) is 0 Å². The van der Waals surface area contributed by atoms with Crippen molar-refractivity contribution in [1.82, 2.24) is 4.90 Å². The van der Waals surface area contributed by atoms with Gasteiger partial charge in [-0.05, 0) is 53.2 Å². The third-order valence-electron chi connectivity index (χ3n) is 4.42. The monoisotopic (exact) mass is 397 g/mol. The Morgan fingerprint density at radius 1 is 1.29 bits per heavy atom. The highest BCUT2D eigenvalue weighted by molar-refractivity contribution is 9.10. The molecule has 1 amide bonds. The third-order valence-corrected chi connectivity index (χ3v) is 5.01. The van der Waals surface area contributed by atoms with Crippen LogP contribution in [0.1, 0.15) is 36.0 Å². The molecule has 1 fully saturated rings. The summed E-state index contributed by atoms with van der Waals surface area (Å²) >= 11 is 3.44. The van der Waals surface area contributed by atoms with Crippen molar-refractivity contribution in [2.45, 2.75) is 25.7 Å². The summed E-state index contributed by atoms with van der Waals surface area (Å²) in [7, 11) is 0. The van der Waals surface area contributed by atoms with Crippen LogP contribution in [0.15, 0.2) is 16.6 Å². The average Bonchev–Trinajstić information content (AvgIpc) is 2.59. The van der Waals surface area contributed by atoms with E-state index in [9.17, 15) is 9.59 Å². The lowest BCUT2D eigenvalue weighted by Gasteiger charge is -2.33. The van der Waals surface area contributed by atoms with E-state index in [4.69, 9.17) is 14.6 Å². The molecular formula is C17H20BrNO5. The molecule has 0 radical (unpaired) electrons. The molecule has 1 saturated heterocycles. The van der Waals surface area contributed by atoms with E-state index in [0.29, 0.717) is 54.3 Å². The maximum absolute atomic E-state index is 12.8. The van der Waals surface area contributed by atoms with E-state index in [1.54, 1.807) is 12.1 Å². The Morgan fingerprint density at radius 2 is 2.08 bits per heavy atom. The lowest BCUT2D eigenvalue weighted by Crippen LogP contribution is -2.40. The molecule has 0 unspecified atom stereocenters. The maximum Gasteiger partial charge on any atom is 0.303 e. The van der Waals surface area contributed by atoms with Gasteiger partial charge in [0.1, 0.15) is 13.2 Å². The summed E-state index contributed by atoms with van der Waals surface area (Å²) in [5.74, 6) is 0.635. The van der Waals surface area contributed by atoms with E-state index >= 15 is 0 Å².